The maximum atomic E-state index is 3.64. The Bertz CT molecular complexity index is 1180. The summed E-state index contributed by atoms with van der Waals surface area (Å²) in [7, 11) is 0. The highest BCUT2D eigenvalue weighted by atomic mass is 14.7. The predicted molar refractivity (Wildman–Crippen MR) is 95.6 cm³/mol. The minimum absolute atomic E-state index is 1.22. The van der Waals surface area contributed by atoms with Gasteiger partial charge >= 0.3 is 0 Å². The van der Waals surface area contributed by atoms with Gasteiger partial charge in [-0.2, -0.15) is 0 Å². The van der Waals surface area contributed by atoms with Crippen molar-refractivity contribution < 1.29 is 0 Å². The molecule has 1 heterocycles. The van der Waals surface area contributed by atoms with Crippen molar-refractivity contribution >= 4 is 43.4 Å². The Balaban J connectivity index is 2.12. The van der Waals surface area contributed by atoms with Gasteiger partial charge in [0.2, 0.25) is 0 Å². The maximum Gasteiger partial charge on any atom is 0.0544 e. The van der Waals surface area contributed by atoms with Crippen LogP contribution in [0, 0.1) is 6.92 Å². The molecule has 0 aliphatic heterocycles. The van der Waals surface area contributed by atoms with Crippen LogP contribution in [0.25, 0.3) is 43.4 Å². The van der Waals surface area contributed by atoms with Gasteiger partial charge in [-0.05, 0) is 34.7 Å². The molecule has 104 valence electrons. The van der Waals surface area contributed by atoms with Crippen LogP contribution in [0.2, 0.25) is 0 Å². The van der Waals surface area contributed by atoms with E-state index in [2.05, 4.69) is 78.6 Å². The summed E-state index contributed by atoms with van der Waals surface area (Å²) in [4.78, 5) is 3.64. The highest BCUT2D eigenvalue weighted by Gasteiger charge is 2.11. The third kappa shape index (κ3) is 1.43. The standard InChI is InChI=1S/C21H15N/c1-13-5-4-7-15-10-12-18-20(19(13)15)17-11-9-14-6-2-3-8-16(14)21(17)22-18/h2-12,22H,1H3. The number of hydrogen-bond donors (Lipinski definition) is 1. The summed E-state index contributed by atoms with van der Waals surface area (Å²) >= 11 is 0. The summed E-state index contributed by atoms with van der Waals surface area (Å²) in [6.07, 6.45) is 0. The van der Waals surface area contributed by atoms with Crippen molar-refractivity contribution in [2.24, 2.45) is 0 Å². The van der Waals surface area contributed by atoms with Crippen LogP contribution in [0.15, 0.2) is 66.7 Å². The lowest BCUT2D eigenvalue weighted by molar-refractivity contribution is 1.53. The Hall–Kier alpha value is -2.80. The van der Waals surface area contributed by atoms with E-state index >= 15 is 0 Å². The van der Waals surface area contributed by atoms with E-state index in [4.69, 9.17) is 0 Å². The van der Waals surface area contributed by atoms with E-state index in [-0.39, 0.29) is 0 Å². The first-order valence-electron chi connectivity index (χ1n) is 7.64. The minimum atomic E-state index is 1.22. The van der Waals surface area contributed by atoms with Crippen LogP contribution in [0.5, 0.6) is 0 Å². The molecular formula is C21H15N. The number of aryl methyl sites for hydroxylation is 1. The average molecular weight is 281 g/mol. The number of aromatic nitrogens is 1. The van der Waals surface area contributed by atoms with Gasteiger partial charge in [0.05, 0.1) is 5.52 Å². The summed E-state index contributed by atoms with van der Waals surface area (Å²) in [5.74, 6) is 0. The number of hydrogen-bond acceptors (Lipinski definition) is 0. The molecule has 0 unspecified atom stereocenters. The molecule has 0 saturated heterocycles. The molecule has 0 atom stereocenters. The molecule has 5 rings (SSSR count). The van der Waals surface area contributed by atoms with Gasteiger partial charge in [-0.1, -0.05) is 60.7 Å². The molecule has 0 bridgehead atoms. The van der Waals surface area contributed by atoms with Crippen molar-refractivity contribution in [2.45, 2.75) is 6.92 Å². The monoisotopic (exact) mass is 281 g/mol. The summed E-state index contributed by atoms with van der Waals surface area (Å²) in [6, 6.07) is 24.0. The number of rotatable bonds is 0. The number of H-pyrrole nitrogens is 1. The molecule has 1 heteroatoms. The molecule has 1 nitrogen and oxygen atoms in total. The van der Waals surface area contributed by atoms with E-state index in [9.17, 15) is 0 Å². The summed E-state index contributed by atoms with van der Waals surface area (Å²) in [6.45, 7) is 2.20. The van der Waals surface area contributed by atoms with Crippen molar-refractivity contribution in [3.8, 4) is 0 Å². The van der Waals surface area contributed by atoms with Gasteiger partial charge in [0, 0.05) is 21.7 Å². The topological polar surface area (TPSA) is 15.8 Å². The molecule has 0 spiro atoms. The summed E-state index contributed by atoms with van der Waals surface area (Å²) in [5.41, 5.74) is 3.79. The lowest BCUT2D eigenvalue weighted by atomic mass is 9.99. The average Bonchev–Trinajstić information content (AvgIpc) is 2.94. The Morgan fingerprint density at radius 2 is 1.45 bits per heavy atom. The van der Waals surface area contributed by atoms with E-state index in [1.54, 1.807) is 0 Å². The summed E-state index contributed by atoms with van der Waals surface area (Å²) in [5, 5.41) is 7.90. The summed E-state index contributed by atoms with van der Waals surface area (Å²) < 4.78 is 0. The van der Waals surface area contributed by atoms with Crippen molar-refractivity contribution in [3.63, 3.8) is 0 Å². The van der Waals surface area contributed by atoms with Crippen molar-refractivity contribution in [3.05, 3.63) is 72.3 Å². The fourth-order valence-corrected chi connectivity index (χ4v) is 3.70. The van der Waals surface area contributed by atoms with Crippen molar-refractivity contribution in [1.82, 2.24) is 4.98 Å². The van der Waals surface area contributed by atoms with Crippen LogP contribution >= 0.6 is 0 Å². The van der Waals surface area contributed by atoms with E-state index in [0.29, 0.717) is 0 Å². The molecule has 1 N–H and O–H groups in total. The quantitative estimate of drug-likeness (QED) is 0.362. The second-order valence-electron chi connectivity index (χ2n) is 6.00. The van der Waals surface area contributed by atoms with Crippen molar-refractivity contribution in [2.75, 3.05) is 0 Å². The Kier molecular flexibility index (Phi) is 2.21. The minimum Gasteiger partial charge on any atom is -0.354 e. The largest absolute Gasteiger partial charge is 0.354 e. The molecule has 0 saturated carbocycles. The molecule has 4 aromatic carbocycles. The molecule has 0 aliphatic carbocycles. The molecule has 0 aliphatic rings. The molecule has 5 aromatic rings. The highest BCUT2D eigenvalue weighted by molar-refractivity contribution is 6.25. The molecule has 0 fully saturated rings. The third-order valence-corrected chi connectivity index (χ3v) is 4.71. The first-order chi connectivity index (χ1) is 10.8. The first kappa shape index (κ1) is 11.8. The SMILES string of the molecule is Cc1cccc2ccc3[nH]c4c5ccccc5ccc4c3c12. The Morgan fingerprint density at radius 3 is 2.41 bits per heavy atom. The highest BCUT2D eigenvalue weighted by Crippen LogP contribution is 2.36. The Labute approximate surface area is 128 Å². The van der Waals surface area contributed by atoms with Gasteiger partial charge < -0.3 is 4.98 Å². The second kappa shape index (κ2) is 4.11. The van der Waals surface area contributed by atoms with Gasteiger partial charge in [0.1, 0.15) is 0 Å². The number of benzene rings is 4. The second-order valence-corrected chi connectivity index (χ2v) is 6.00. The van der Waals surface area contributed by atoms with E-state index < -0.39 is 0 Å². The molecular weight excluding hydrogens is 266 g/mol. The Morgan fingerprint density at radius 1 is 0.636 bits per heavy atom. The van der Waals surface area contributed by atoms with E-state index in [0.717, 1.165) is 0 Å². The van der Waals surface area contributed by atoms with Crippen molar-refractivity contribution in [1.29, 1.82) is 0 Å². The first-order valence-corrected chi connectivity index (χ1v) is 7.64. The number of nitrogens with one attached hydrogen (secondary N) is 1. The van der Waals surface area contributed by atoms with Crippen LogP contribution in [-0.2, 0) is 0 Å². The number of aromatic amines is 1. The predicted octanol–water partition coefficient (Wildman–Crippen LogP) is 5.94. The van der Waals surface area contributed by atoms with Crippen LogP contribution in [0.1, 0.15) is 5.56 Å². The van der Waals surface area contributed by atoms with Gasteiger partial charge in [-0.3, -0.25) is 0 Å². The third-order valence-electron chi connectivity index (χ3n) is 4.71. The van der Waals surface area contributed by atoms with Crippen LogP contribution in [-0.4, -0.2) is 4.98 Å². The number of fused-ring (bicyclic) bond motifs is 7. The van der Waals surface area contributed by atoms with E-state index in [1.165, 1.54) is 48.9 Å². The van der Waals surface area contributed by atoms with Crippen LogP contribution in [0.3, 0.4) is 0 Å². The van der Waals surface area contributed by atoms with Gasteiger partial charge in [0.25, 0.3) is 0 Å². The molecule has 22 heavy (non-hydrogen) atoms. The van der Waals surface area contributed by atoms with Gasteiger partial charge in [-0.15, -0.1) is 0 Å². The smallest absolute Gasteiger partial charge is 0.0544 e. The fourth-order valence-electron chi connectivity index (χ4n) is 3.70. The normalized spacial score (nSPS) is 11.9. The van der Waals surface area contributed by atoms with Crippen LogP contribution < -0.4 is 0 Å². The molecule has 0 radical (unpaired) electrons. The zero-order valence-electron chi connectivity index (χ0n) is 12.4. The van der Waals surface area contributed by atoms with Crippen LogP contribution in [0.4, 0.5) is 0 Å². The van der Waals surface area contributed by atoms with E-state index in [1.807, 2.05) is 0 Å². The lowest BCUT2D eigenvalue weighted by Crippen LogP contribution is -1.79. The molecule has 1 aromatic heterocycles. The lowest BCUT2D eigenvalue weighted by Gasteiger charge is -2.04. The zero-order chi connectivity index (χ0) is 14.7. The maximum absolute atomic E-state index is 3.64. The van der Waals surface area contributed by atoms with Gasteiger partial charge in [0.15, 0.2) is 0 Å². The van der Waals surface area contributed by atoms with Gasteiger partial charge in [-0.25, -0.2) is 0 Å². The fraction of sp³-hybridized carbons (Fsp3) is 0.0476. The molecule has 0 amide bonds. The zero-order valence-corrected chi connectivity index (χ0v) is 12.4.